The molecule has 1 aromatic carbocycles. The summed E-state index contributed by atoms with van der Waals surface area (Å²) >= 11 is 5.89. The Hall–Kier alpha value is -1.69. The van der Waals surface area contributed by atoms with E-state index in [9.17, 15) is 13.2 Å². The van der Waals surface area contributed by atoms with Gasteiger partial charge in [0.25, 0.3) is 0 Å². The van der Waals surface area contributed by atoms with Crippen LogP contribution in [-0.2, 0) is 13.2 Å². The predicted molar refractivity (Wildman–Crippen MR) is 71.7 cm³/mol. The lowest BCUT2D eigenvalue weighted by molar-refractivity contribution is -0.137. The number of halogens is 4. The number of alkyl halides is 3. The maximum Gasteiger partial charge on any atom is 0.418 e. The first kappa shape index (κ1) is 14.7. The van der Waals surface area contributed by atoms with Gasteiger partial charge in [-0.25, -0.2) is 0 Å². The van der Waals surface area contributed by atoms with Crippen LogP contribution in [-0.4, -0.2) is 9.78 Å². The van der Waals surface area contributed by atoms with Crippen LogP contribution in [0.1, 0.15) is 24.1 Å². The Balaban J connectivity index is 2.33. The van der Waals surface area contributed by atoms with Gasteiger partial charge in [0.1, 0.15) is 0 Å². The average molecular weight is 304 g/mol. The lowest BCUT2D eigenvalue weighted by atomic mass is 10.1. The Morgan fingerprint density at radius 2 is 2.05 bits per heavy atom. The number of hydrogen-bond donors (Lipinski definition) is 1. The van der Waals surface area contributed by atoms with Crippen molar-refractivity contribution >= 4 is 17.3 Å². The van der Waals surface area contributed by atoms with E-state index in [1.165, 1.54) is 12.1 Å². The van der Waals surface area contributed by atoms with E-state index in [2.05, 4.69) is 10.4 Å². The summed E-state index contributed by atoms with van der Waals surface area (Å²) < 4.78 is 40.5. The van der Waals surface area contributed by atoms with E-state index in [1.807, 2.05) is 0 Å². The fourth-order valence-electron chi connectivity index (χ4n) is 1.87. The molecule has 0 fully saturated rings. The minimum absolute atomic E-state index is 0.0376. The SMILES string of the molecule is CC(Nc1c(Cl)cccc1C(F)(F)F)c1cnn(C)c1. The molecule has 0 aliphatic carbocycles. The van der Waals surface area contributed by atoms with Gasteiger partial charge in [-0.05, 0) is 19.1 Å². The van der Waals surface area contributed by atoms with Crippen LogP contribution in [0, 0.1) is 0 Å². The normalized spacial score (nSPS) is 13.3. The van der Waals surface area contributed by atoms with Crippen molar-refractivity contribution in [3.05, 3.63) is 46.7 Å². The molecule has 0 aliphatic rings. The average Bonchev–Trinajstić information content (AvgIpc) is 2.77. The van der Waals surface area contributed by atoms with Crippen LogP contribution in [0.15, 0.2) is 30.6 Å². The molecule has 20 heavy (non-hydrogen) atoms. The molecule has 108 valence electrons. The number of nitrogens with zero attached hydrogens (tertiary/aromatic N) is 2. The van der Waals surface area contributed by atoms with E-state index < -0.39 is 11.7 Å². The highest BCUT2D eigenvalue weighted by molar-refractivity contribution is 6.33. The molecule has 0 saturated heterocycles. The van der Waals surface area contributed by atoms with Crippen LogP contribution in [0.3, 0.4) is 0 Å². The van der Waals surface area contributed by atoms with Crippen LogP contribution >= 0.6 is 11.6 Å². The summed E-state index contributed by atoms with van der Waals surface area (Å²) in [5.41, 5.74) is -0.112. The summed E-state index contributed by atoms with van der Waals surface area (Å²) in [6, 6.07) is 3.37. The largest absolute Gasteiger partial charge is 0.418 e. The third kappa shape index (κ3) is 3.07. The quantitative estimate of drug-likeness (QED) is 0.918. The zero-order valence-electron chi connectivity index (χ0n) is 10.9. The van der Waals surface area contributed by atoms with E-state index in [0.717, 1.165) is 11.6 Å². The molecule has 0 amide bonds. The number of hydrogen-bond acceptors (Lipinski definition) is 2. The first-order valence-electron chi connectivity index (χ1n) is 5.90. The summed E-state index contributed by atoms with van der Waals surface area (Å²) in [6.07, 6.45) is -1.12. The monoisotopic (exact) mass is 303 g/mol. The molecule has 0 bridgehead atoms. The number of rotatable bonds is 3. The smallest absolute Gasteiger partial charge is 0.377 e. The summed E-state index contributed by atoms with van der Waals surface area (Å²) in [4.78, 5) is 0. The van der Waals surface area contributed by atoms with E-state index in [4.69, 9.17) is 11.6 Å². The molecule has 0 saturated carbocycles. The van der Waals surface area contributed by atoms with Crippen molar-refractivity contribution in [1.82, 2.24) is 9.78 Å². The summed E-state index contributed by atoms with van der Waals surface area (Å²) in [6.45, 7) is 1.75. The molecule has 2 aromatic rings. The molecule has 0 radical (unpaired) electrons. The van der Waals surface area contributed by atoms with Crippen LogP contribution in [0.4, 0.5) is 18.9 Å². The Morgan fingerprint density at radius 3 is 2.60 bits per heavy atom. The second kappa shape index (κ2) is 5.36. The van der Waals surface area contributed by atoms with Gasteiger partial charge in [-0.1, -0.05) is 17.7 Å². The van der Waals surface area contributed by atoms with E-state index in [1.54, 1.807) is 31.0 Å². The first-order valence-corrected chi connectivity index (χ1v) is 6.27. The molecule has 1 heterocycles. The number of benzene rings is 1. The van der Waals surface area contributed by atoms with Crippen molar-refractivity contribution in [2.45, 2.75) is 19.1 Å². The van der Waals surface area contributed by atoms with Crippen molar-refractivity contribution in [1.29, 1.82) is 0 Å². The number of nitrogens with one attached hydrogen (secondary N) is 1. The van der Waals surface area contributed by atoms with Gasteiger partial charge >= 0.3 is 6.18 Å². The maximum absolute atomic E-state index is 13.0. The Morgan fingerprint density at radius 1 is 1.35 bits per heavy atom. The van der Waals surface area contributed by atoms with E-state index >= 15 is 0 Å². The molecule has 3 nitrogen and oxygen atoms in total. The molecule has 1 atom stereocenters. The predicted octanol–water partition coefficient (Wildman–Crippen LogP) is 4.27. The number of anilines is 1. The van der Waals surface area contributed by atoms with Crippen LogP contribution in [0.2, 0.25) is 5.02 Å². The van der Waals surface area contributed by atoms with Gasteiger partial charge < -0.3 is 5.32 Å². The summed E-state index contributed by atoms with van der Waals surface area (Å²) in [7, 11) is 1.74. The highest BCUT2D eigenvalue weighted by atomic mass is 35.5. The minimum Gasteiger partial charge on any atom is -0.377 e. The molecule has 1 unspecified atom stereocenters. The Labute approximate surface area is 119 Å². The van der Waals surface area contributed by atoms with Gasteiger partial charge in [-0.3, -0.25) is 4.68 Å². The molecule has 2 rings (SSSR count). The lowest BCUT2D eigenvalue weighted by Gasteiger charge is -2.19. The Bertz CT molecular complexity index is 607. The van der Waals surface area contributed by atoms with Gasteiger partial charge in [0.05, 0.1) is 28.5 Å². The molecule has 1 aromatic heterocycles. The zero-order valence-corrected chi connectivity index (χ0v) is 11.6. The van der Waals surface area contributed by atoms with Gasteiger partial charge in [-0.15, -0.1) is 0 Å². The van der Waals surface area contributed by atoms with Crippen LogP contribution < -0.4 is 5.32 Å². The van der Waals surface area contributed by atoms with Crippen molar-refractivity contribution in [2.75, 3.05) is 5.32 Å². The highest BCUT2D eigenvalue weighted by Crippen LogP contribution is 2.39. The van der Waals surface area contributed by atoms with E-state index in [-0.39, 0.29) is 16.8 Å². The molecule has 0 spiro atoms. The second-order valence-corrected chi connectivity index (χ2v) is 4.88. The van der Waals surface area contributed by atoms with Gasteiger partial charge in [0.2, 0.25) is 0 Å². The topological polar surface area (TPSA) is 29.9 Å². The van der Waals surface area contributed by atoms with Crippen LogP contribution in [0.25, 0.3) is 0 Å². The zero-order chi connectivity index (χ0) is 14.9. The maximum atomic E-state index is 13.0. The molecule has 0 aliphatic heterocycles. The molecular weight excluding hydrogens is 291 g/mol. The van der Waals surface area contributed by atoms with Crippen molar-refractivity contribution in [3.63, 3.8) is 0 Å². The summed E-state index contributed by atoms with van der Waals surface area (Å²) in [5, 5.41) is 6.84. The third-order valence-electron chi connectivity index (χ3n) is 2.90. The summed E-state index contributed by atoms with van der Waals surface area (Å²) in [5.74, 6) is 0. The van der Waals surface area contributed by atoms with Crippen molar-refractivity contribution in [2.24, 2.45) is 7.05 Å². The number of aromatic nitrogens is 2. The van der Waals surface area contributed by atoms with E-state index in [0.29, 0.717) is 0 Å². The third-order valence-corrected chi connectivity index (χ3v) is 3.22. The number of aryl methyl sites for hydroxylation is 1. The lowest BCUT2D eigenvalue weighted by Crippen LogP contribution is -2.13. The fraction of sp³-hybridized carbons (Fsp3) is 0.308. The highest BCUT2D eigenvalue weighted by Gasteiger charge is 2.34. The van der Waals surface area contributed by atoms with Gasteiger partial charge in [0.15, 0.2) is 0 Å². The molecule has 1 N–H and O–H groups in total. The van der Waals surface area contributed by atoms with Gasteiger partial charge in [-0.2, -0.15) is 18.3 Å². The van der Waals surface area contributed by atoms with Crippen LogP contribution in [0.5, 0.6) is 0 Å². The fourth-order valence-corrected chi connectivity index (χ4v) is 2.10. The Kier molecular flexibility index (Phi) is 3.94. The standard InChI is InChI=1S/C13H13ClF3N3/c1-8(9-6-18-20(2)7-9)19-12-10(13(15,16)17)4-3-5-11(12)14/h3-8,19H,1-2H3. The molecular formula is C13H13ClF3N3. The van der Waals surface area contributed by atoms with Crippen molar-refractivity contribution < 1.29 is 13.2 Å². The van der Waals surface area contributed by atoms with Gasteiger partial charge in [0, 0.05) is 18.8 Å². The number of para-hydroxylation sites is 1. The molecule has 7 heteroatoms. The second-order valence-electron chi connectivity index (χ2n) is 4.47. The first-order chi connectivity index (χ1) is 9.29. The minimum atomic E-state index is -4.46. The van der Waals surface area contributed by atoms with Crippen molar-refractivity contribution in [3.8, 4) is 0 Å².